The van der Waals surface area contributed by atoms with E-state index >= 15 is 0 Å². The van der Waals surface area contributed by atoms with Gasteiger partial charge in [-0.3, -0.25) is 4.99 Å². The molecule has 0 aliphatic rings. The van der Waals surface area contributed by atoms with E-state index in [-0.39, 0.29) is 0 Å². The minimum Gasteiger partial charge on any atom is -0.439 e. The summed E-state index contributed by atoms with van der Waals surface area (Å²) < 4.78 is 5.86. The number of nitrogen functional groups attached to an aromatic ring is 1. The highest BCUT2D eigenvalue weighted by atomic mass is 16.5. The van der Waals surface area contributed by atoms with Gasteiger partial charge in [0.2, 0.25) is 5.88 Å². The van der Waals surface area contributed by atoms with Crippen LogP contribution in [-0.2, 0) is 0 Å². The van der Waals surface area contributed by atoms with Gasteiger partial charge >= 0.3 is 0 Å². The molecule has 0 unspecified atom stereocenters. The van der Waals surface area contributed by atoms with Gasteiger partial charge < -0.3 is 10.5 Å². The van der Waals surface area contributed by atoms with Gasteiger partial charge in [-0.05, 0) is 31.2 Å². The Morgan fingerprint density at radius 2 is 1.76 bits per heavy atom. The zero-order valence-corrected chi connectivity index (χ0v) is 14.0. The SMILES string of the molecule is C=C(/N=C\c1ccccc1N)c1ccc(C)c(Oc2ccccc2)n1. The van der Waals surface area contributed by atoms with Crippen LogP contribution in [0.5, 0.6) is 11.6 Å². The molecule has 4 heteroatoms. The lowest BCUT2D eigenvalue weighted by Gasteiger charge is -2.09. The number of rotatable bonds is 5. The number of anilines is 1. The molecule has 0 bridgehead atoms. The summed E-state index contributed by atoms with van der Waals surface area (Å²) in [5, 5.41) is 0. The topological polar surface area (TPSA) is 60.5 Å². The number of nitrogens with zero attached hydrogens (tertiary/aromatic N) is 2. The fraction of sp³-hybridized carbons (Fsp3) is 0.0476. The Morgan fingerprint density at radius 3 is 2.52 bits per heavy atom. The van der Waals surface area contributed by atoms with Crippen LogP contribution >= 0.6 is 0 Å². The van der Waals surface area contributed by atoms with Crippen LogP contribution in [-0.4, -0.2) is 11.2 Å². The number of aryl methyl sites for hydroxylation is 1. The Bertz CT molecular complexity index is 917. The highest BCUT2D eigenvalue weighted by Crippen LogP contribution is 2.25. The van der Waals surface area contributed by atoms with Gasteiger partial charge in [-0.25, -0.2) is 4.98 Å². The molecule has 2 N–H and O–H groups in total. The quantitative estimate of drug-likeness (QED) is 0.537. The number of hydrogen-bond donors (Lipinski definition) is 1. The molecule has 4 nitrogen and oxygen atoms in total. The van der Waals surface area contributed by atoms with E-state index in [9.17, 15) is 0 Å². The maximum Gasteiger partial charge on any atom is 0.222 e. The zero-order valence-electron chi connectivity index (χ0n) is 14.0. The second-order valence-corrected chi connectivity index (χ2v) is 5.57. The third kappa shape index (κ3) is 4.12. The molecule has 3 rings (SSSR count). The van der Waals surface area contributed by atoms with Crippen molar-refractivity contribution in [3.8, 4) is 11.6 Å². The van der Waals surface area contributed by atoms with Crippen molar-refractivity contribution in [2.75, 3.05) is 5.73 Å². The van der Waals surface area contributed by atoms with Crippen molar-refractivity contribution in [3.63, 3.8) is 0 Å². The molecule has 1 heterocycles. The minimum absolute atomic E-state index is 0.541. The monoisotopic (exact) mass is 329 g/mol. The van der Waals surface area contributed by atoms with Gasteiger partial charge in [-0.1, -0.05) is 49.0 Å². The van der Waals surface area contributed by atoms with Gasteiger partial charge in [0, 0.05) is 23.0 Å². The summed E-state index contributed by atoms with van der Waals surface area (Å²) in [6.07, 6.45) is 1.69. The van der Waals surface area contributed by atoms with Crippen LogP contribution in [0, 0.1) is 6.92 Å². The third-order valence-electron chi connectivity index (χ3n) is 3.66. The first-order chi connectivity index (χ1) is 12.1. The predicted octanol–water partition coefficient (Wildman–Crippen LogP) is 4.85. The molecule has 0 aliphatic carbocycles. The van der Waals surface area contributed by atoms with Gasteiger partial charge in [0.15, 0.2) is 0 Å². The van der Waals surface area contributed by atoms with Gasteiger partial charge in [0.1, 0.15) is 5.75 Å². The Labute approximate surface area is 147 Å². The largest absolute Gasteiger partial charge is 0.439 e. The number of para-hydroxylation sites is 2. The van der Waals surface area contributed by atoms with Crippen LogP contribution in [0.25, 0.3) is 5.70 Å². The number of nitrogens with two attached hydrogens (primary N) is 1. The molecule has 25 heavy (non-hydrogen) atoms. The Balaban J connectivity index is 1.81. The lowest BCUT2D eigenvalue weighted by atomic mass is 10.2. The van der Waals surface area contributed by atoms with Crippen LogP contribution in [0.3, 0.4) is 0 Å². The van der Waals surface area contributed by atoms with E-state index < -0.39 is 0 Å². The molecular weight excluding hydrogens is 310 g/mol. The average Bonchev–Trinajstić information content (AvgIpc) is 2.63. The average molecular weight is 329 g/mol. The van der Waals surface area contributed by atoms with E-state index in [0.29, 0.717) is 23.0 Å². The minimum atomic E-state index is 0.541. The number of benzene rings is 2. The first-order valence-corrected chi connectivity index (χ1v) is 7.92. The van der Waals surface area contributed by atoms with E-state index in [2.05, 4.69) is 16.6 Å². The van der Waals surface area contributed by atoms with Crippen LogP contribution in [0.1, 0.15) is 16.8 Å². The number of ether oxygens (including phenoxy) is 1. The lowest BCUT2D eigenvalue weighted by Crippen LogP contribution is -1.96. The number of aromatic nitrogens is 1. The summed E-state index contributed by atoms with van der Waals surface area (Å²) in [6, 6.07) is 20.9. The molecule has 0 fully saturated rings. The van der Waals surface area contributed by atoms with E-state index in [4.69, 9.17) is 10.5 Å². The summed E-state index contributed by atoms with van der Waals surface area (Å²) in [6.45, 7) is 5.94. The van der Waals surface area contributed by atoms with Crippen molar-refractivity contribution in [1.29, 1.82) is 0 Å². The summed E-state index contributed by atoms with van der Waals surface area (Å²) in [4.78, 5) is 8.92. The smallest absolute Gasteiger partial charge is 0.222 e. The Kier molecular flexibility index (Phi) is 4.90. The van der Waals surface area contributed by atoms with Crippen molar-refractivity contribution in [2.45, 2.75) is 6.92 Å². The molecule has 0 saturated carbocycles. The third-order valence-corrected chi connectivity index (χ3v) is 3.66. The first-order valence-electron chi connectivity index (χ1n) is 7.92. The second kappa shape index (κ2) is 7.45. The van der Waals surface area contributed by atoms with Crippen LogP contribution in [0.4, 0.5) is 5.69 Å². The maximum absolute atomic E-state index is 5.92. The van der Waals surface area contributed by atoms with Crippen molar-refractivity contribution >= 4 is 17.6 Å². The summed E-state index contributed by atoms with van der Waals surface area (Å²) in [5.41, 5.74) is 9.57. The van der Waals surface area contributed by atoms with Gasteiger partial charge in [0.05, 0.1) is 11.4 Å². The van der Waals surface area contributed by atoms with Crippen molar-refractivity contribution in [1.82, 2.24) is 4.98 Å². The van der Waals surface area contributed by atoms with E-state index in [1.807, 2.05) is 73.7 Å². The highest BCUT2D eigenvalue weighted by molar-refractivity contribution is 5.90. The Hall–Kier alpha value is -3.40. The molecular formula is C21H19N3O. The van der Waals surface area contributed by atoms with Gasteiger partial charge in [-0.2, -0.15) is 0 Å². The molecule has 0 atom stereocenters. The summed E-state index contributed by atoms with van der Waals surface area (Å²) in [7, 11) is 0. The Morgan fingerprint density at radius 1 is 1.04 bits per heavy atom. The molecule has 0 saturated heterocycles. The number of aliphatic imine (C=N–C) groups is 1. The van der Waals surface area contributed by atoms with Crippen LogP contribution in [0.2, 0.25) is 0 Å². The standard InChI is InChI=1S/C21H19N3O/c1-15-12-13-20(24-21(15)25-18-9-4-3-5-10-18)16(2)23-14-17-8-6-7-11-19(17)22/h3-14H,2,22H2,1H3/b23-14-. The first kappa shape index (κ1) is 16.5. The van der Waals surface area contributed by atoms with E-state index in [1.54, 1.807) is 6.21 Å². The molecule has 0 radical (unpaired) electrons. The van der Waals surface area contributed by atoms with Gasteiger partial charge in [0.25, 0.3) is 0 Å². The highest BCUT2D eigenvalue weighted by Gasteiger charge is 2.07. The second-order valence-electron chi connectivity index (χ2n) is 5.57. The van der Waals surface area contributed by atoms with E-state index in [0.717, 1.165) is 16.9 Å². The van der Waals surface area contributed by atoms with Crippen molar-refractivity contribution in [2.24, 2.45) is 4.99 Å². The predicted molar refractivity (Wildman–Crippen MR) is 103 cm³/mol. The molecule has 1 aromatic heterocycles. The number of pyridine rings is 1. The summed E-state index contributed by atoms with van der Waals surface area (Å²) >= 11 is 0. The van der Waals surface area contributed by atoms with E-state index in [1.165, 1.54) is 0 Å². The van der Waals surface area contributed by atoms with Crippen LogP contribution in [0.15, 0.2) is 78.3 Å². The normalized spacial score (nSPS) is 10.8. The molecule has 3 aromatic rings. The van der Waals surface area contributed by atoms with Gasteiger partial charge in [-0.15, -0.1) is 0 Å². The fourth-order valence-corrected chi connectivity index (χ4v) is 2.22. The fourth-order valence-electron chi connectivity index (χ4n) is 2.22. The maximum atomic E-state index is 5.92. The van der Waals surface area contributed by atoms with Crippen molar-refractivity contribution in [3.05, 3.63) is 90.1 Å². The molecule has 2 aromatic carbocycles. The summed E-state index contributed by atoms with van der Waals surface area (Å²) in [5.74, 6) is 1.28. The van der Waals surface area contributed by atoms with Crippen LogP contribution < -0.4 is 10.5 Å². The molecule has 0 aliphatic heterocycles. The molecule has 0 amide bonds. The molecule has 0 spiro atoms. The van der Waals surface area contributed by atoms with Crippen molar-refractivity contribution < 1.29 is 4.74 Å². The lowest BCUT2D eigenvalue weighted by molar-refractivity contribution is 0.458. The number of hydrogen-bond acceptors (Lipinski definition) is 4. The molecule has 124 valence electrons. The zero-order chi connectivity index (χ0) is 17.6.